The Hall–Kier alpha value is -1.45. The van der Waals surface area contributed by atoms with Crippen LogP contribution in [0.15, 0.2) is 34.8 Å². The summed E-state index contributed by atoms with van der Waals surface area (Å²) in [5, 5.41) is 1.34. The van der Waals surface area contributed by atoms with Crippen molar-refractivity contribution in [3.8, 4) is 11.4 Å². The summed E-state index contributed by atoms with van der Waals surface area (Å²) in [7, 11) is 0. The summed E-state index contributed by atoms with van der Waals surface area (Å²) in [6.07, 6.45) is 0. The number of fused-ring (bicyclic) bond motifs is 1. The Morgan fingerprint density at radius 3 is 2.48 bits per heavy atom. The first-order chi connectivity index (χ1) is 9.99. The molecule has 1 heterocycles. The van der Waals surface area contributed by atoms with Gasteiger partial charge in [0, 0.05) is 10.0 Å². The summed E-state index contributed by atoms with van der Waals surface area (Å²) in [5.41, 5.74) is 5.40. The van der Waals surface area contributed by atoms with E-state index in [0.29, 0.717) is 11.0 Å². The van der Waals surface area contributed by atoms with E-state index in [0.717, 1.165) is 26.5 Å². The minimum Gasteiger partial charge on any atom is -0.228 e. The smallest absolute Gasteiger partial charge is 0.161 e. The lowest BCUT2D eigenvalue weighted by Crippen LogP contribution is -1.97. The molecular weight excluding hydrogens is 348 g/mol. The molecule has 0 aliphatic heterocycles. The second-order valence-corrected chi connectivity index (χ2v) is 6.39. The topological polar surface area (TPSA) is 25.8 Å². The molecular formula is C17H14BrClN2. The summed E-state index contributed by atoms with van der Waals surface area (Å²) in [4.78, 5) is 9.24. The van der Waals surface area contributed by atoms with E-state index in [1.165, 1.54) is 11.1 Å². The molecule has 2 nitrogen and oxygen atoms in total. The first kappa shape index (κ1) is 14.5. The van der Waals surface area contributed by atoms with Crippen LogP contribution in [0.2, 0.25) is 5.15 Å². The van der Waals surface area contributed by atoms with Crippen LogP contribution in [0.5, 0.6) is 0 Å². The van der Waals surface area contributed by atoms with Crippen LogP contribution in [0.3, 0.4) is 0 Å². The van der Waals surface area contributed by atoms with Gasteiger partial charge in [0.05, 0.1) is 10.9 Å². The van der Waals surface area contributed by atoms with E-state index < -0.39 is 0 Å². The fourth-order valence-corrected chi connectivity index (χ4v) is 3.30. The van der Waals surface area contributed by atoms with E-state index in [2.05, 4.69) is 40.8 Å². The zero-order valence-corrected chi connectivity index (χ0v) is 14.4. The van der Waals surface area contributed by atoms with E-state index >= 15 is 0 Å². The molecule has 1 aromatic heterocycles. The second kappa shape index (κ2) is 5.39. The zero-order chi connectivity index (χ0) is 15.1. The van der Waals surface area contributed by atoms with Crippen molar-refractivity contribution in [2.75, 3.05) is 0 Å². The standard InChI is InChI=1S/C17H14BrClN2/c1-9-5-4-6-12(11(9)3)17-20-15-10(2)7-8-13(18)14(15)16(19)21-17/h4-8H,1-3H3. The molecule has 2 aromatic carbocycles. The molecule has 3 rings (SSSR count). The third kappa shape index (κ3) is 2.45. The third-order valence-electron chi connectivity index (χ3n) is 3.80. The van der Waals surface area contributed by atoms with Crippen LogP contribution in [-0.2, 0) is 0 Å². The largest absolute Gasteiger partial charge is 0.228 e. The maximum atomic E-state index is 6.40. The zero-order valence-electron chi connectivity index (χ0n) is 12.0. The van der Waals surface area contributed by atoms with Gasteiger partial charge in [-0.25, -0.2) is 9.97 Å². The summed E-state index contributed by atoms with van der Waals surface area (Å²) in [6, 6.07) is 10.1. The number of halogens is 2. The maximum absolute atomic E-state index is 6.40. The van der Waals surface area contributed by atoms with Crippen molar-refractivity contribution in [1.82, 2.24) is 9.97 Å². The lowest BCUT2D eigenvalue weighted by atomic mass is 10.0. The highest BCUT2D eigenvalue weighted by molar-refractivity contribution is 9.10. The van der Waals surface area contributed by atoms with Crippen LogP contribution in [0.25, 0.3) is 22.3 Å². The highest BCUT2D eigenvalue weighted by Crippen LogP contribution is 2.33. The molecule has 106 valence electrons. The fraction of sp³-hybridized carbons (Fsp3) is 0.176. The van der Waals surface area contributed by atoms with Gasteiger partial charge >= 0.3 is 0 Å². The van der Waals surface area contributed by atoms with Gasteiger partial charge in [-0.05, 0) is 59.5 Å². The number of nitrogens with zero attached hydrogens (tertiary/aromatic N) is 2. The number of rotatable bonds is 1. The molecule has 0 amide bonds. The van der Waals surface area contributed by atoms with Crippen molar-refractivity contribution in [3.63, 3.8) is 0 Å². The summed E-state index contributed by atoms with van der Waals surface area (Å²) < 4.78 is 0.917. The van der Waals surface area contributed by atoms with Crippen LogP contribution >= 0.6 is 27.5 Å². The monoisotopic (exact) mass is 360 g/mol. The van der Waals surface area contributed by atoms with Gasteiger partial charge in [-0.3, -0.25) is 0 Å². The number of aromatic nitrogens is 2. The molecule has 4 heteroatoms. The predicted octanol–water partition coefficient (Wildman–Crippen LogP) is 5.64. The second-order valence-electron chi connectivity index (χ2n) is 5.17. The SMILES string of the molecule is Cc1cccc(-c2nc(Cl)c3c(Br)ccc(C)c3n2)c1C. The Kier molecular flexibility index (Phi) is 3.72. The lowest BCUT2D eigenvalue weighted by Gasteiger charge is -2.11. The molecule has 3 aromatic rings. The van der Waals surface area contributed by atoms with Crippen molar-refractivity contribution < 1.29 is 0 Å². The van der Waals surface area contributed by atoms with Gasteiger partial charge in [0.1, 0.15) is 5.15 Å². The lowest BCUT2D eigenvalue weighted by molar-refractivity contribution is 1.19. The molecule has 0 N–H and O–H groups in total. The van der Waals surface area contributed by atoms with Crippen LogP contribution in [-0.4, -0.2) is 9.97 Å². The normalized spacial score (nSPS) is 11.1. The minimum absolute atomic E-state index is 0.478. The summed E-state index contributed by atoms with van der Waals surface area (Å²) in [6.45, 7) is 6.20. The Balaban J connectivity index is 2.36. The molecule has 0 aliphatic carbocycles. The van der Waals surface area contributed by atoms with Crippen LogP contribution in [0.4, 0.5) is 0 Å². The van der Waals surface area contributed by atoms with Gasteiger partial charge in [0.2, 0.25) is 0 Å². The van der Waals surface area contributed by atoms with E-state index in [9.17, 15) is 0 Å². The molecule has 0 unspecified atom stereocenters. The first-order valence-corrected chi connectivity index (χ1v) is 7.85. The van der Waals surface area contributed by atoms with Crippen molar-refractivity contribution in [2.45, 2.75) is 20.8 Å². The van der Waals surface area contributed by atoms with Gasteiger partial charge < -0.3 is 0 Å². The highest BCUT2D eigenvalue weighted by atomic mass is 79.9. The molecule has 0 atom stereocenters. The predicted molar refractivity (Wildman–Crippen MR) is 91.9 cm³/mol. The number of hydrogen-bond acceptors (Lipinski definition) is 2. The van der Waals surface area contributed by atoms with E-state index in [-0.39, 0.29) is 0 Å². The molecule has 0 saturated heterocycles. The van der Waals surface area contributed by atoms with Crippen molar-refractivity contribution in [1.29, 1.82) is 0 Å². The van der Waals surface area contributed by atoms with Gasteiger partial charge in [-0.15, -0.1) is 0 Å². The van der Waals surface area contributed by atoms with E-state index in [1.54, 1.807) is 0 Å². The van der Waals surface area contributed by atoms with Crippen molar-refractivity contribution in [3.05, 3.63) is 56.6 Å². The highest BCUT2D eigenvalue weighted by Gasteiger charge is 2.14. The quantitative estimate of drug-likeness (QED) is 0.524. The average Bonchev–Trinajstić information content (AvgIpc) is 2.45. The first-order valence-electron chi connectivity index (χ1n) is 6.68. The molecule has 0 bridgehead atoms. The number of benzene rings is 2. The third-order valence-corrected chi connectivity index (χ3v) is 4.74. The van der Waals surface area contributed by atoms with Crippen molar-refractivity contribution in [2.24, 2.45) is 0 Å². The summed E-state index contributed by atoms with van der Waals surface area (Å²) >= 11 is 9.92. The maximum Gasteiger partial charge on any atom is 0.161 e. The minimum atomic E-state index is 0.478. The molecule has 0 fully saturated rings. The molecule has 0 radical (unpaired) electrons. The van der Waals surface area contributed by atoms with Gasteiger partial charge in [0.25, 0.3) is 0 Å². The van der Waals surface area contributed by atoms with E-state index in [1.807, 2.05) is 31.2 Å². The van der Waals surface area contributed by atoms with E-state index in [4.69, 9.17) is 16.6 Å². The molecule has 0 spiro atoms. The van der Waals surface area contributed by atoms with Gasteiger partial charge in [-0.1, -0.05) is 35.9 Å². The Morgan fingerprint density at radius 2 is 1.71 bits per heavy atom. The molecule has 21 heavy (non-hydrogen) atoms. The number of hydrogen-bond donors (Lipinski definition) is 0. The number of aryl methyl sites for hydroxylation is 2. The molecule has 0 saturated carbocycles. The van der Waals surface area contributed by atoms with Crippen LogP contribution < -0.4 is 0 Å². The fourth-order valence-electron chi connectivity index (χ4n) is 2.40. The Labute approximate surface area is 137 Å². The summed E-state index contributed by atoms with van der Waals surface area (Å²) in [5.74, 6) is 0.676. The van der Waals surface area contributed by atoms with Gasteiger partial charge in [-0.2, -0.15) is 0 Å². The van der Waals surface area contributed by atoms with Gasteiger partial charge in [0.15, 0.2) is 5.82 Å². The Morgan fingerprint density at radius 1 is 0.952 bits per heavy atom. The average molecular weight is 362 g/mol. The Bertz CT molecular complexity index is 859. The molecule has 0 aliphatic rings. The van der Waals surface area contributed by atoms with Crippen LogP contribution in [0.1, 0.15) is 16.7 Å². The van der Waals surface area contributed by atoms with Crippen molar-refractivity contribution >= 4 is 38.4 Å². The van der Waals surface area contributed by atoms with Crippen LogP contribution in [0, 0.1) is 20.8 Å².